The van der Waals surface area contributed by atoms with Crippen LogP contribution in [0.15, 0.2) is 18.2 Å². The summed E-state index contributed by atoms with van der Waals surface area (Å²) in [6, 6.07) is 4.99. The summed E-state index contributed by atoms with van der Waals surface area (Å²) in [5, 5.41) is 5.71. The van der Waals surface area contributed by atoms with Crippen LogP contribution in [0.4, 0.5) is 0 Å². The maximum atomic E-state index is 10.9. The van der Waals surface area contributed by atoms with Gasteiger partial charge in [-0.1, -0.05) is 36.2 Å². The second kappa shape index (κ2) is 5.91. The van der Waals surface area contributed by atoms with Gasteiger partial charge < -0.3 is 4.74 Å². The topological polar surface area (TPSA) is 69.4 Å². The molecule has 0 aromatic heterocycles. The van der Waals surface area contributed by atoms with Crippen LogP contribution in [-0.2, 0) is 10.0 Å². The number of rotatable bonds is 5. The standard InChI is InChI=1S/C10H13Cl2NO3S/c1-7(6-17(13,14)15)5-16-10-8(11)3-2-4-9(10)12/h2-4,7H,5-6H2,1H3,(H2,13,14,15). The Morgan fingerprint density at radius 2 is 1.88 bits per heavy atom. The SMILES string of the molecule is CC(COc1c(Cl)cccc1Cl)CS(N)(=O)=O. The summed E-state index contributed by atoms with van der Waals surface area (Å²) in [5.74, 6) is -0.0239. The van der Waals surface area contributed by atoms with E-state index in [4.69, 9.17) is 33.1 Å². The average Bonchev–Trinajstić information content (AvgIpc) is 2.14. The molecule has 4 nitrogen and oxygen atoms in total. The molecule has 0 saturated heterocycles. The van der Waals surface area contributed by atoms with Gasteiger partial charge in [0.25, 0.3) is 0 Å². The Balaban J connectivity index is 2.62. The number of halogens is 2. The quantitative estimate of drug-likeness (QED) is 0.906. The molecular weight excluding hydrogens is 285 g/mol. The van der Waals surface area contributed by atoms with Crippen LogP contribution in [0.5, 0.6) is 5.75 Å². The summed E-state index contributed by atoms with van der Waals surface area (Å²) >= 11 is 11.8. The number of benzene rings is 1. The van der Waals surface area contributed by atoms with E-state index in [2.05, 4.69) is 0 Å². The lowest BCUT2D eigenvalue weighted by molar-refractivity contribution is 0.272. The maximum absolute atomic E-state index is 10.9. The van der Waals surface area contributed by atoms with Crippen LogP contribution in [-0.4, -0.2) is 20.8 Å². The lowest BCUT2D eigenvalue weighted by Gasteiger charge is -2.13. The smallest absolute Gasteiger partial charge is 0.209 e. The molecule has 0 radical (unpaired) electrons. The number of primary sulfonamides is 1. The molecule has 0 spiro atoms. The van der Waals surface area contributed by atoms with Crippen molar-refractivity contribution >= 4 is 33.2 Å². The van der Waals surface area contributed by atoms with Crippen LogP contribution < -0.4 is 9.88 Å². The number of sulfonamides is 1. The molecule has 0 aliphatic carbocycles. The summed E-state index contributed by atoms with van der Waals surface area (Å²) < 4.78 is 27.1. The Morgan fingerprint density at radius 1 is 1.35 bits per heavy atom. The number of hydrogen-bond acceptors (Lipinski definition) is 3. The summed E-state index contributed by atoms with van der Waals surface area (Å²) in [6.07, 6.45) is 0. The first-order valence-electron chi connectivity index (χ1n) is 4.87. The molecule has 2 N–H and O–H groups in total. The van der Waals surface area contributed by atoms with Gasteiger partial charge in [0.05, 0.1) is 22.4 Å². The Bertz CT molecular complexity index is 470. The molecule has 0 fully saturated rings. The fourth-order valence-electron chi connectivity index (χ4n) is 1.29. The van der Waals surface area contributed by atoms with Crippen molar-refractivity contribution in [3.8, 4) is 5.75 Å². The third-order valence-electron chi connectivity index (χ3n) is 1.95. The van der Waals surface area contributed by atoms with Gasteiger partial charge in [-0.25, -0.2) is 13.6 Å². The lowest BCUT2D eigenvalue weighted by atomic mass is 10.2. The molecule has 1 atom stereocenters. The van der Waals surface area contributed by atoms with E-state index in [1.165, 1.54) is 0 Å². The van der Waals surface area contributed by atoms with Crippen molar-refractivity contribution in [3.63, 3.8) is 0 Å². The van der Waals surface area contributed by atoms with Crippen LogP contribution >= 0.6 is 23.2 Å². The zero-order valence-corrected chi connectivity index (χ0v) is 11.5. The Kier molecular flexibility index (Phi) is 5.06. The fourth-order valence-corrected chi connectivity index (χ4v) is 2.69. The molecule has 0 saturated carbocycles. The van der Waals surface area contributed by atoms with Gasteiger partial charge in [-0.2, -0.15) is 0 Å². The molecule has 96 valence electrons. The second-order valence-electron chi connectivity index (χ2n) is 3.80. The van der Waals surface area contributed by atoms with E-state index in [0.717, 1.165) is 0 Å². The summed E-state index contributed by atoms with van der Waals surface area (Å²) in [4.78, 5) is 0. The van der Waals surface area contributed by atoms with E-state index in [-0.39, 0.29) is 18.3 Å². The molecule has 17 heavy (non-hydrogen) atoms. The minimum absolute atomic E-state index is 0.144. The van der Waals surface area contributed by atoms with E-state index in [1.54, 1.807) is 25.1 Å². The molecule has 1 rings (SSSR count). The van der Waals surface area contributed by atoms with Gasteiger partial charge in [-0.15, -0.1) is 0 Å². The molecule has 0 amide bonds. The molecule has 1 aromatic carbocycles. The monoisotopic (exact) mass is 297 g/mol. The van der Waals surface area contributed by atoms with Crippen LogP contribution in [0.25, 0.3) is 0 Å². The molecule has 0 heterocycles. The molecule has 0 aliphatic rings. The predicted octanol–water partition coefficient (Wildman–Crippen LogP) is 2.30. The Hall–Kier alpha value is -0.490. The number of ether oxygens (including phenoxy) is 1. The predicted molar refractivity (Wildman–Crippen MR) is 69.1 cm³/mol. The highest BCUT2D eigenvalue weighted by molar-refractivity contribution is 7.89. The molecule has 1 unspecified atom stereocenters. The highest BCUT2D eigenvalue weighted by Crippen LogP contribution is 2.32. The van der Waals surface area contributed by atoms with Crippen molar-refractivity contribution in [2.75, 3.05) is 12.4 Å². The van der Waals surface area contributed by atoms with E-state index in [9.17, 15) is 8.42 Å². The van der Waals surface area contributed by atoms with Crippen molar-refractivity contribution < 1.29 is 13.2 Å². The summed E-state index contributed by atoms with van der Waals surface area (Å²) in [7, 11) is -3.49. The molecular formula is C10H13Cl2NO3S. The van der Waals surface area contributed by atoms with Crippen molar-refractivity contribution in [3.05, 3.63) is 28.2 Å². The average molecular weight is 298 g/mol. The van der Waals surface area contributed by atoms with Gasteiger partial charge >= 0.3 is 0 Å². The molecule has 7 heteroatoms. The van der Waals surface area contributed by atoms with Crippen LogP contribution in [0, 0.1) is 5.92 Å². The van der Waals surface area contributed by atoms with Crippen LogP contribution in [0.2, 0.25) is 10.0 Å². The van der Waals surface area contributed by atoms with Gasteiger partial charge in [0.15, 0.2) is 5.75 Å². The minimum Gasteiger partial charge on any atom is -0.490 e. The molecule has 0 aliphatic heterocycles. The van der Waals surface area contributed by atoms with Crippen LogP contribution in [0.1, 0.15) is 6.92 Å². The van der Waals surface area contributed by atoms with Gasteiger partial charge in [0.2, 0.25) is 10.0 Å². The Labute approximate surface area is 111 Å². The van der Waals surface area contributed by atoms with E-state index >= 15 is 0 Å². The highest BCUT2D eigenvalue weighted by Gasteiger charge is 2.13. The van der Waals surface area contributed by atoms with Crippen LogP contribution in [0.3, 0.4) is 0 Å². The summed E-state index contributed by atoms with van der Waals surface area (Å²) in [6.45, 7) is 1.90. The molecule has 0 bridgehead atoms. The van der Waals surface area contributed by atoms with Crippen molar-refractivity contribution in [2.45, 2.75) is 6.92 Å². The minimum atomic E-state index is -3.49. The third-order valence-corrected chi connectivity index (χ3v) is 3.58. The zero-order valence-electron chi connectivity index (χ0n) is 9.19. The number of hydrogen-bond donors (Lipinski definition) is 1. The van der Waals surface area contributed by atoms with Gasteiger partial charge in [-0.3, -0.25) is 0 Å². The Morgan fingerprint density at radius 3 is 2.35 bits per heavy atom. The zero-order chi connectivity index (χ0) is 13.1. The number of para-hydroxylation sites is 1. The molecule has 1 aromatic rings. The lowest BCUT2D eigenvalue weighted by Crippen LogP contribution is -2.25. The van der Waals surface area contributed by atoms with Gasteiger partial charge in [0, 0.05) is 5.92 Å². The largest absolute Gasteiger partial charge is 0.490 e. The third kappa shape index (κ3) is 5.12. The van der Waals surface area contributed by atoms with Crippen molar-refractivity contribution in [2.24, 2.45) is 11.1 Å². The maximum Gasteiger partial charge on any atom is 0.209 e. The van der Waals surface area contributed by atoms with Crippen molar-refractivity contribution in [1.82, 2.24) is 0 Å². The second-order valence-corrected chi connectivity index (χ2v) is 6.27. The van der Waals surface area contributed by atoms with Crippen molar-refractivity contribution in [1.29, 1.82) is 0 Å². The van der Waals surface area contributed by atoms with Gasteiger partial charge in [0.1, 0.15) is 0 Å². The number of nitrogens with two attached hydrogens (primary N) is 1. The summed E-state index contributed by atoms with van der Waals surface area (Å²) in [5.41, 5.74) is 0. The fraction of sp³-hybridized carbons (Fsp3) is 0.400. The van der Waals surface area contributed by atoms with E-state index in [0.29, 0.717) is 15.8 Å². The van der Waals surface area contributed by atoms with Gasteiger partial charge in [-0.05, 0) is 12.1 Å². The highest BCUT2D eigenvalue weighted by atomic mass is 35.5. The first-order valence-corrected chi connectivity index (χ1v) is 7.34. The van der Waals surface area contributed by atoms with E-state index < -0.39 is 10.0 Å². The first-order chi connectivity index (χ1) is 7.79. The first kappa shape index (κ1) is 14.6. The van der Waals surface area contributed by atoms with E-state index in [1.807, 2.05) is 0 Å². The normalized spacial score (nSPS) is 13.4.